The van der Waals surface area contributed by atoms with Crippen LogP contribution in [0.5, 0.6) is 5.75 Å². The van der Waals surface area contributed by atoms with Gasteiger partial charge in [-0.25, -0.2) is 4.98 Å². The summed E-state index contributed by atoms with van der Waals surface area (Å²) in [7, 11) is 1.59. The molecule has 2 aromatic carbocycles. The Bertz CT molecular complexity index is 916. The second kappa shape index (κ2) is 7.53. The van der Waals surface area contributed by atoms with Gasteiger partial charge in [0.25, 0.3) is 5.91 Å². The predicted octanol–water partition coefficient (Wildman–Crippen LogP) is 3.88. The Kier molecular flexibility index (Phi) is 5.19. The highest BCUT2D eigenvalue weighted by molar-refractivity contribution is 9.11. The van der Waals surface area contributed by atoms with Gasteiger partial charge < -0.3 is 14.6 Å². The number of fused-ring (bicyclic) bond motifs is 1. The van der Waals surface area contributed by atoms with Crippen LogP contribution >= 0.6 is 15.9 Å². The van der Waals surface area contributed by atoms with Crippen LogP contribution in [0, 0.1) is 0 Å². The third-order valence-corrected chi connectivity index (χ3v) is 4.07. The van der Waals surface area contributed by atoms with Crippen LogP contribution in [-0.4, -0.2) is 22.6 Å². The highest BCUT2D eigenvalue weighted by Crippen LogP contribution is 2.19. The number of amides is 1. The molecule has 0 unspecified atom stereocenters. The quantitative estimate of drug-likeness (QED) is 0.683. The number of hydrogen-bond donors (Lipinski definition) is 1. The molecule has 0 fully saturated rings. The predicted molar refractivity (Wildman–Crippen MR) is 102 cm³/mol. The minimum atomic E-state index is -0.154. The lowest BCUT2D eigenvalue weighted by molar-refractivity contribution is 0.0949. The van der Waals surface area contributed by atoms with Gasteiger partial charge in [0.05, 0.1) is 31.2 Å². The SMILES string of the molecule is C=C(Br)Cn1c(CNC(=O)c2ccc(OC)cc2)nc2ccccc21. The van der Waals surface area contributed by atoms with Gasteiger partial charge in [0.2, 0.25) is 0 Å². The Labute approximate surface area is 154 Å². The molecule has 25 heavy (non-hydrogen) atoms. The zero-order valence-corrected chi connectivity index (χ0v) is 15.4. The van der Waals surface area contributed by atoms with Crippen LogP contribution in [0.2, 0.25) is 0 Å². The van der Waals surface area contributed by atoms with E-state index in [4.69, 9.17) is 4.74 Å². The first-order chi connectivity index (χ1) is 12.1. The summed E-state index contributed by atoms with van der Waals surface area (Å²) < 4.78 is 7.99. The van der Waals surface area contributed by atoms with Gasteiger partial charge in [0.15, 0.2) is 0 Å². The summed E-state index contributed by atoms with van der Waals surface area (Å²) in [4.78, 5) is 17.0. The summed E-state index contributed by atoms with van der Waals surface area (Å²) in [6, 6.07) is 14.9. The molecule has 0 aliphatic heterocycles. The smallest absolute Gasteiger partial charge is 0.251 e. The topological polar surface area (TPSA) is 56.2 Å². The second-order valence-corrected chi connectivity index (χ2v) is 6.65. The average Bonchev–Trinajstić information content (AvgIpc) is 2.97. The van der Waals surface area contributed by atoms with Crippen LogP contribution in [0.25, 0.3) is 11.0 Å². The maximum Gasteiger partial charge on any atom is 0.251 e. The molecule has 1 aromatic heterocycles. The fourth-order valence-electron chi connectivity index (χ4n) is 2.61. The third-order valence-electron chi connectivity index (χ3n) is 3.82. The minimum Gasteiger partial charge on any atom is -0.497 e. The number of nitrogens with one attached hydrogen (secondary N) is 1. The number of hydrogen-bond acceptors (Lipinski definition) is 3. The summed E-state index contributed by atoms with van der Waals surface area (Å²) in [6.07, 6.45) is 0. The molecule has 0 spiro atoms. The van der Waals surface area contributed by atoms with Crippen molar-refractivity contribution in [1.82, 2.24) is 14.9 Å². The molecule has 5 nitrogen and oxygen atoms in total. The van der Waals surface area contributed by atoms with Gasteiger partial charge in [-0.1, -0.05) is 34.6 Å². The lowest BCUT2D eigenvalue weighted by Gasteiger charge is -2.10. The molecule has 0 saturated carbocycles. The molecule has 0 radical (unpaired) electrons. The lowest BCUT2D eigenvalue weighted by Crippen LogP contribution is -2.24. The van der Waals surface area contributed by atoms with Gasteiger partial charge >= 0.3 is 0 Å². The van der Waals surface area contributed by atoms with Crippen molar-refractivity contribution < 1.29 is 9.53 Å². The molecule has 128 valence electrons. The number of methoxy groups -OCH3 is 1. The van der Waals surface area contributed by atoms with E-state index in [0.717, 1.165) is 21.3 Å². The van der Waals surface area contributed by atoms with E-state index < -0.39 is 0 Å². The van der Waals surface area contributed by atoms with Crippen molar-refractivity contribution in [3.05, 3.63) is 71.0 Å². The molecule has 3 aromatic rings. The normalized spacial score (nSPS) is 10.6. The molecule has 1 heterocycles. The first-order valence-corrected chi connectivity index (χ1v) is 8.57. The lowest BCUT2D eigenvalue weighted by atomic mass is 10.2. The van der Waals surface area contributed by atoms with E-state index in [1.165, 1.54) is 0 Å². The Hall–Kier alpha value is -2.60. The second-order valence-electron chi connectivity index (χ2n) is 5.53. The van der Waals surface area contributed by atoms with Crippen LogP contribution in [0.15, 0.2) is 59.6 Å². The van der Waals surface area contributed by atoms with E-state index in [9.17, 15) is 4.79 Å². The molecule has 3 rings (SSSR count). The summed E-state index contributed by atoms with van der Waals surface area (Å²) in [5, 5.41) is 2.92. The van der Waals surface area contributed by atoms with Crippen molar-refractivity contribution in [2.75, 3.05) is 7.11 Å². The van der Waals surface area contributed by atoms with Crippen molar-refractivity contribution >= 4 is 32.9 Å². The number of benzene rings is 2. The number of allylic oxidation sites excluding steroid dienone is 1. The van der Waals surface area contributed by atoms with Gasteiger partial charge in [0.1, 0.15) is 11.6 Å². The first-order valence-electron chi connectivity index (χ1n) is 7.78. The molecule has 0 saturated heterocycles. The van der Waals surface area contributed by atoms with Crippen molar-refractivity contribution in [3.63, 3.8) is 0 Å². The van der Waals surface area contributed by atoms with E-state index in [1.807, 2.05) is 28.8 Å². The molecule has 0 aliphatic rings. The number of imidazole rings is 1. The van der Waals surface area contributed by atoms with Crippen LogP contribution in [0.1, 0.15) is 16.2 Å². The van der Waals surface area contributed by atoms with Crippen LogP contribution in [0.3, 0.4) is 0 Å². The summed E-state index contributed by atoms with van der Waals surface area (Å²) in [5.41, 5.74) is 2.48. The molecule has 0 bridgehead atoms. The Morgan fingerprint density at radius 1 is 1.24 bits per heavy atom. The number of ether oxygens (including phenoxy) is 1. The number of halogens is 1. The van der Waals surface area contributed by atoms with E-state index in [2.05, 4.69) is 32.8 Å². The van der Waals surface area contributed by atoms with E-state index >= 15 is 0 Å². The van der Waals surface area contributed by atoms with E-state index in [-0.39, 0.29) is 5.91 Å². The maximum absolute atomic E-state index is 12.4. The molecular weight excluding hydrogens is 382 g/mol. The number of rotatable bonds is 6. The largest absolute Gasteiger partial charge is 0.497 e. The monoisotopic (exact) mass is 399 g/mol. The number of para-hydroxylation sites is 2. The highest BCUT2D eigenvalue weighted by Gasteiger charge is 2.12. The van der Waals surface area contributed by atoms with Gasteiger partial charge in [-0.15, -0.1) is 0 Å². The van der Waals surface area contributed by atoms with E-state index in [1.54, 1.807) is 31.4 Å². The summed E-state index contributed by atoms with van der Waals surface area (Å²) in [6.45, 7) is 4.83. The zero-order chi connectivity index (χ0) is 17.8. The van der Waals surface area contributed by atoms with Crippen LogP contribution in [0.4, 0.5) is 0 Å². The Morgan fingerprint density at radius 2 is 1.96 bits per heavy atom. The van der Waals surface area contributed by atoms with Crippen molar-refractivity contribution in [3.8, 4) is 5.75 Å². The zero-order valence-electron chi connectivity index (χ0n) is 13.8. The molecule has 0 aliphatic carbocycles. The molecule has 0 atom stereocenters. The first kappa shape index (κ1) is 17.2. The highest BCUT2D eigenvalue weighted by atomic mass is 79.9. The molecule has 6 heteroatoms. The van der Waals surface area contributed by atoms with Gasteiger partial charge in [-0.3, -0.25) is 4.79 Å². The van der Waals surface area contributed by atoms with E-state index in [0.29, 0.717) is 24.4 Å². The number of aromatic nitrogens is 2. The van der Waals surface area contributed by atoms with Gasteiger partial charge in [0, 0.05) is 10.0 Å². The van der Waals surface area contributed by atoms with Crippen molar-refractivity contribution in [1.29, 1.82) is 0 Å². The molecular formula is C19H18BrN3O2. The van der Waals surface area contributed by atoms with Crippen molar-refractivity contribution in [2.45, 2.75) is 13.1 Å². The number of carbonyl (C=O) groups is 1. The summed E-state index contributed by atoms with van der Waals surface area (Å²) in [5.74, 6) is 1.34. The van der Waals surface area contributed by atoms with Crippen LogP contribution in [-0.2, 0) is 13.1 Å². The summed E-state index contributed by atoms with van der Waals surface area (Å²) >= 11 is 3.40. The fraction of sp³-hybridized carbons (Fsp3) is 0.158. The minimum absolute atomic E-state index is 0.154. The van der Waals surface area contributed by atoms with Crippen molar-refractivity contribution in [2.24, 2.45) is 0 Å². The number of nitrogens with zero attached hydrogens (tertiary/aromatic N) is 2. The van der Waals surface area contributed by atoms with Gasteiger partial charge in [-0.2, -0.15) is 0 Å². The molecule has 1 N–H and O–H groups in total. The Morgan fingerprint density at radius 3 is 2.64 bits per heavy atom. The standard InChI is InChI=1S/C19H18BrN3O2/c1-13(20)12-23-17-6-4-3-5-16(17)22-18(23)11-21-19(24)14-7-9-15(25-2)10-8-14/h3-10H,1,11-12H2,2H3,(H,21,24). The number of carbonyl (C=O) groups excluding carboxylic acids is 1. The average molecular weight is 400 g/mol. The van der Waals surface area contributed by atoms with Crippen LogP contribution < -0.4 is 10.1 Å². The Balaban J connectivity index is 1.79. The maximum atomic E-state index is 12.4. The fourth-order valence-corrected chi connectivity index (χ4v) is 2.86. The van der Waals surface area contributed by atoms with Gasteiger partial charge in [-0.05, 0) is 36.4 Å². The molecule has 1 amide bonds. The third kappa shape index (κ3) is 3.91.